The molecule has 2 N–H and O–H groups in total. The molecule has 1 saturated carbocycles. The molecule has 0 bridgehead atoms. The average Bonchev–Trinajstić information content (AvgIpc) is 2.82. The van der Waals surface area contributed by atoms with Gasteiger partial charge in [-0.05, 0) is 42.9 Å². The Hall–Kier alpha value is -1.13. The minimum atomic E-state index is -0.0573. The molecule has 1 aromatic heterocycles. The quantitative estimate of drug-likeness (QED) is 0.833. The van der Waals surface area contributed by atoms with Gasteiger partial charge in [0.05, 0.1) is 0 Å². The van der Waals surface area contributed by atoms with Crippen LogP contribution >= 0.6 is 11.3 Å². The van der Waals surface area contributed by atoms with Gasteiger partial charge < -0.3 is 10.4 Å². The number of hydrogen-bond donors (Lipinski definition) is 2. The van der Waals surface area contributed by atoms with E-state index in [2.05, 4.69) is 5.32 Å². The topological polar surface area (TPSA) is 49.3 Å². The lowest BCUT2D eigenvalue weighted by Crippen LogP contribution is -2.42. The van der Waals surface area contributed by atoms with E-state index in [1.165, 1.54) is 5.56 Å². The van der Waals surface area contributed by atoms with Gasteiger partial charge in [0.1, 0.15) is 0 Å². The van der Waals surface area contributed by atoms with Gasteiger partial charge >= 0.3 is 0 Å². The molecule has 0 spiro atoms. The first-order valence-electron chi connectivity index (χ1n) is 6.84. The number of aliphatic hydroxyl groups is 1. The molecular weight excluding hydrogens is 258 g/mol. The number of aliphatic hydroxyl groups excluding tert-OH is 1. The Morgan fingerprint density at radius 1 is 1.53 bits per heavy atom. The van der Waals surface area contributed by atoms with Crippen LogP contribution in [0.1, 0.15) is 36.1 Å². The first-order chi connectivity index (χ1) is 9.20. The van der Waals surface area contributed by atoms with Crippen LogP contribution in [-0.4, -0.2) is 23.7 Å². The number of nitrogens with one attached hydrogen (secondary N) is 1. The zero-order valence-electron chi connectivity index (χ0n) is 11.3. The van der Waals surface area contributed by atoms with Crippen LogP contribution in [0, 0.1) is 12.8 Å². The molecule has 2 atom stereocenters. The van der Waals surface area contributed by atoms with Gasteiger partial charge in [-0.25, -0.2) is 0 Å². The van der Waals surface area contributed by atoms with Crippen LogP contribution < -0.4 is 5.32 Å². The monoisotopic (exact) mass is 279 g/mol. The lowest BCUT2D eigenvalue weighted by atomic mass is 9.85. The molecule has 0 radical (unpaired) electrons. The Morgan fingerprint density at radius 2 is 2.32 bits per heavy atom. The van der Waals surface area contributed by atoms with Gasteiger partial charge in [0, 0.05) is 29.5 Å². The number of rotatable bonds is 4. The fraction of sp³-hybridized carbons (Fsp3) is 0.533. The third-order valence-electron chi connectivity index (χ3n) is 3.76. The number of carbonyl (C=O) groups excluding carboxylic acids is 1. The third-order valence-corrected chi connectivity index (χ3v) is 4.74. The summed E-state index contributed by atoms with van der Waals surface area (Å²) in [6, 6.07) is 2.17. The summed E-state index contributed by atoms with van der Waals surface area (Å²) in [5.41, 5.74) is 1.19. The van der Waals surface area contributed by atoms with E-state index in [-0.39, 0.29) is 24.5 Å². The maximum Gasteiger partial charge on any atom is 0.244 e. The Balaban J connectivity index is 1.90. The first kappa shape index (κ1) is 14.3. The Morgan fingerprint density at radius 3 is 3.00 bits per heavy atom. The molecule has 3 nitrogen and oxygen atoms in total. The van der Waals surface area contributed by atoms with Crippen LogP contribution in [0.2, 0.25) is 0 Å². The summed E-state index contributed by atoms with van der Waals surface area (Å²) in [5.74, 6) is 0.160. The van der Waals surface area contributed by atoms with Crippen molar-refractivity contribution >= 4 is 23.3 Å². The van der Waals surface area contributed by atoms with Crippen molar-refractivity contribution in [3.63, 3.8) is 0 Å². The molecule has 0 aromatic carbocycles. The summed E-state index contributed by atoms with van der Waals surface area (Å²) >= 11 is 1.64. The average molecular weight is 279 g/mol. The Labute approximate surface area is 118 Å². The summed E-state index contributed by atoms with van der Waals surface area (Å²) < 4.78 is 0. The highest BCUT2D eigenvalue weighted by Crippen LogP contribution is 2.24. The van der Waals surface area contributed by atoms with Gasteiger partial charge in [0.2, 0.25) is 5.91 Å². The largest absolute Gasteiger partial charge is 0.396 e. The van der Waals surface area contributed by atoms with Crippen LogP contribution in [0.3, 0.4) is 0 Å². The van der Waals surface area contributed by atoms with Gasteiger partial charge in [-0.15, -0.1) is 11.3 Å². The number of aryl methyl sites for hydroxylation is 1. The maximum absolute atomic E-state index is 11.9. The summed E-state index contributed by atoms with van der Waals surface area (Å²) in [6.07, 6.45) is 7.74. The van der Waals surface area contributed by atoms with Crippen molar-refractivity contribution < 1.29 is 9.90 Å². The molecule has 2 unspecified atom stereocenters. The predicted octanol–water partition coefficient (Wildman–Crippen LogP) is 2.74. The number of amides is 1. The van der Waals surface area contributed by atoms with Crippen LogP contribution in [0.4, 0.5) is 0 Å². The van der Waals surface area contributed by atoms with Gasteiger partial charge in [0.25, 0.3) is 0 Å². The van der Waals surface area contributed by atoms with Gasteiger partial charge in [-0.1, -0.05) is 12.8 Å². The zero-order chi connectivity index (χ0) is 13.7. The molecule has 0 aliphatic heterocycles. The highest BCUT2D eigenvalue weighted by molar-refractivity contribution is 7.11. The van der Waals surface area contributed by atoms with E-state index in [9.17, 15) is 9.90 Å². The highest BCUT2D eigenvalue weighted by atomic mass is 32.1. The van der Waals surface area contributed by atoms with Crippen LogP contribution in [0.5, 0.6) is 0 Å². The van der Waals surface area contributed by atoms with E-state index in [4.69, 9.17) is 0 Å². The van der Waals surface area contributed by atoms with Crippen LogP contribution in [-0.2, 0) is 4.79 Å². The van der Waals surface area contributed by atoms with E-state index < -0.39 is 0 Å². The molecular formula is C15H21NO2S. The van der Waals surface area contributed by atoms with Crippen molar-refractivity contribution in [3.05, 3.63) is 28.0 Å². The summed E-state index contributed by atoms with van der Waals surface area (Å²) in [6.45, 7) is 2.20. The number of thiophene rings is 1. The molecule has 104 valence electrons. The molecule has 1 aliphatic carbocycles. The van der Waals surface area contributed by atoms with E-state index in [0.717, 1.165) is 30.6 Å². The minimum absolute atomic E-state index is 0.0573. The molecule has 0 saturated heterocycles. The second-order valence-electron chi connectivity index (χ2n) is 5.14. The molecule has 19 heavy (non-hydrogen) atoms. The van der Waals surface area contributed by atoms with Crippen molar-refractivity contribution in [2.75, 3.05) is 6.61 Å². The van der Waals surface area contributed by atoms with E-state index in [1.54, 1.807) is 17.4 Å². The summed E-state index contributed by atoms with van der Waals surface area (Å²) in [5, 5.41) is 14.4. The van der Waals surface area contributed by atoms with E-state index in [0.29, 0.717) is 0 Å². The second-order valence-corrected chi connectivity index (χ2v) is 6.09. The second kappa shape index (κ2) is 6.87. The van der Waals surface area contributed by atoms with Crippen molar-refractivity contribution in [1.82, 2.24) is 5.32 Å². The predicted molar refractivity (Wildman–Crippen MR) is 79.1 cm³/mol. The SMILES string of the molecule is Cc1ccsc1/C=C/C(=O)NC1CCCCC1CO. The van der Waals surface area contributed by atoms with Gasteiger partial charge in [-0.2, -0.15) is 0 Å². The van der Waals surface area contributed by atoms with Crippen molar-refractivity contribution in [3.8, 4) is 0 Å². The summed E-state index contributed by atoms with van der Waals surface area (Å²) in [7, 11) is 0. The van der Waals surface area contributed by atoms with Crippen LogP contribution in [0.25, 0.3) is 6.08 Å². The summed E-state index contributed by atoms with van der Waals surface area (Å²) in [4.78, 5) is 13.0. The maximum atomic E-state index is 11.9. The van der Waals surface area contributed by atoms with Crippen molar-refractivity contribution in [1.29, 1.82) is 0 Å². The van der Waals surface area contributed by atoms with E-state index >= 15 is 0 Å². The van der Waals surface area contributed by atoms with Crippen LogP contribution in [0.15, 0.2) is 17.5 Å². The first-order valence-corrected chi connectivity index (χ1v) is 7.72. The normalized spacial score (nSPS) is 23.7. The smallest absolute Gasteiger partial charge is 0.244 e. The Kier molecular flexibility index (Phi) is 5.16. The molecule has 1 fully saturated rings. The Bertz CT molecular complexity index is 453. The molecule has 2 rings (SSSR count). The molecule has 1 heterocycles. The molecule has 1 aromatic rings. The molecule has 4 heteroatoms. The fourth-order valence-electron chi connectivity index (χ4n) is 2.55. The number of hydrogen-bond acceptors (Lipinski definition) is 3. The zero-order valence-corrected chi connectivity index (χ0v) is 12.1. The lowest BCUT2D eigenvalue weighted by Gasteiger charge is -2.30. The minimum Gasteiger partial charge on any atom is -0.396 e. The van der Waals surface area contributed by atoms with Gasteiger partial charge in [-0.3, -0.25) is 4.79 Å². The molecule has 1 aliphatic rings. The third kappa shape index (κ3) is 3.91. The fourth-order valence-corrected chi connectivity index (χ4v) is 3.37. The molecule has 1 amide bonds. The standard InChI is InChI=1S/C15H21NO2S/c1-11-8-9-19-14(11)6-7-15(18)16-13-5-3-2-4-12(13)10-17/h6-9,12-13,17H,2-5,10H2,1H3,(H,16,18)/b7-6+. The lowest BCUT2D eigenvalue weighted by molar-refractivity contribution is -0.117. The van der Waals surface area contributed by atoms with Crippen molar-refractivity contribution in [2.45, 2.75) is 38.6 Å². The number of carbonyl (C=O) groups is 1. The van der Waals surface area contributed by atoms with Crippen molar-refractivity contribution in [2.24, 2.45) is 5.92 Å². The van der Waals surface area contributed by atoms with E-state index in [1.807, 2.05) is 24.4 Å². The van der Waals surface area contributed by atoms with Gasteiger partial charge in [0.15, 0.2) is 0 Å². The highest BCUT2D eigenvalue weighted by Gasteiger charge is 2.25.